The molecule has 0 atom stereocenters. The summed E-state index contributed by atoms with van der Waals surface area (Å²) in [5.41, 5.74) is 0. The van der Waals surface area contributed by atoms with Crippen LogP contribution < -0.4 is 0 Å². The molecule has 0 unspecified atom stereocenters. The smallest absolute Gasteiger partial charge is 0.0964 e. The molecule has 3 heteroatoms. The molecular weight excluding hydrogens is 222 g/mol. The zero-order valence-electron chi connectivity index (χ0n) is 10.6. The lowest BCUT2D eigenvalue weighted by Gasteiger charge is -2.10. The van der Waals surface area contributed by atoms with Crippen LogP contribution in [0.2, 0.25) is 0 Å². The van der Waals surface area contributed by atoms with Crippen LogP contribution in [-0.4, -0.2) is 13.3 Å². The SMILES string of the molecule is C=C(CCCCCF)OC(=C)CCCCCF. The van der Waals surface area contributed by atoms with Crippen LogP contribution in [0.15, 0.2) is 24.7 Å². The molecule has 0 bridgehead atoms. The molecule has 0 rings (SSSR count). The number of hydrogen-bond donors (Lipinski definition) is 0. The summed E-state index contributed by atoms with van der Waals surface area (Å²) >= 11 is 0. The maximum atomic E-state index is 11.8. The second-order valence-electron chi connectivity index (χ2n) is 4.18. The van der Waals surface area contributed by atoms with Crippen molar-refractivity contribution in [3.8, 4) is 0 Å². The molecule has 0 aliphatic carbocycles. The van der Waals surface area contributed by atoms with Gasteiger partial charge >= 0.3 is 0 Å². The summed E-state index contributed by atoms with van der Waals surface area (Å²) in [5.74, 6) is 1.39. The van der Waals surface area contributed by atoms with Gasteiger partial charge in [0.15, 0.2) is 0 Å². The van der Waals surface area contributed by atoms with E-state index in [9.17, 15) is 8.78 Å². The Labute approximate surface area is 104 Å². The van der Waals surface area contributed by atoms with Crippen LogP contribution in [0.5, 0.6) is 0 Å². The predicted molar refractivity (Wildman–Crippen MR) is 68.3 cm³/mol. The normalized spacial score (nSPS) is 10.2. The Hall–Kier alpha value is -0.860. The van der Waals surface area contributed by atoms with Crippen molar-refractivity contribution >= 4 is 0 Å². The van der Waals surface area contributed by atoms with Crippen LogP contribution in [0.1, 0.15) is 51.4 Å². The molecule has 0 heterocycles. The van der Waals surface area contributed by atoms with Crippen molar-refractivity contribution < 1.29 is 13.5 Å². The average Bonchev–Trinajstić information content (AvgIpc) is 2.30. The molecule has 0 saturated heterocycles. The minimum atomic E-state index is -0.255. The molecule has 0 spiro atoms. The number of allylic oxidation sites excluding steroid dienone is 2. The van der Waals surface area contributed by atoms with Gasteiger partial charge in [0.25, 0.3) is 0 Å². The number of ether oxygens (including phenoxy) is 1. The van der Waals surface area contributed by atoms with Gasteiger partial charge in [-0.2, -0.15) is 0 Å². The average molecular weight is 246 g/mol. The highest BCUT2D eigenvalue weighted by Gasteiger charge is 2.00. The zero-order valence-corrected chi connectivity index (χ0v) is 10.6. The van der Waals surface area contributed by atoms with Gasteiger partial charge in [0.1, 0.15) is 0 Å². The second-order valence-corrected chi connectivity index (χ2v) is 4.18. The van der Waals surface area contributed by atoms with Crippen LogP contribution in [0.3, 0.4) is 0 Å². The number of unbranched alkanes of at least 4 members (excludes halogenated alkanes) is 4. The largest absolute Gasteiger partial charge is 0.467 e. The lowest BCUT2D eigenvalue weighted by molar-refractivity contribution is 0.273. The van der Waals surface area contributed by atoms with Crippen molar-refractivity contribution in [2.24, 2.45) is 0 Å². The molecule has 0 aromatic heterocycles. The fourth-order valence-corrected chi connectivity index (χ4v) is 1.49. The van der Waals surface area contributed by atoms with E-state index in [-0.39, 0.29) is 13.3 Å². The summed E-state index contributed by atoms with van der Waals surface area (Å²) in [4.78, 5) is 0. The number of rotatable bonds is 12. The molecule has 0 aromatic rings. The van der Waals surface area contributed by atoms with Crippen LogP contribution in [-0.2, 0) is 4.74 Å². The van der Waals surface area contributed by atoms with E-state index in [0.717, 1.165) is 38.5 Å². The Morgan fingerprint density at radius 1 is 0.706 bits per heavy atom. The highest BCUT2D eigenvalue weighted by Crippen LogP contribution is 2.16. The Morgan fingerprint density at radius 2 is 1.12 bits per heavy atom. The van der Waals surface area contributed by atoms with Gasteiger partial charge in [0.05, 0.1) is 24.9 Å². The first-order valence-electron chi connectivity index (χ1n) is 6.36. The predicted octanol–water partition coefficient (Wildman–Crippen LogP) is 5.09. The Kier molecular flexibility index (Phi) is 11.0. The first-order chi connectivity index (χ1) is 8.20. The zero-order chi connectivity index (χ0) is 12.9. The maximum absolute atomic E-state index is 11.8. The summed E-state index contributed by atoms with van der Waals surface area (Å²) in [6.07, 6.45) is 6.25. The third-order valence-corrected chi connectivity index (χ3v) is 2.47. The van der Waals surface area contributed by atoms with Crippen molar-refractivity contribution in [3.05, 3.63) is 24.7 Å². The van der Waals surface area contributed by atoms with Crippen LogP contribution in [0, 0.1) is 0 Å². The molecule has 0 aromatic carbocycles. The molecule has 0 amide bonds. The molecular formula is C14H24F2O. The monoisotopic (exact) mass is 246 g/mol. The minimum absolute atomic E-state index is 0.255. The summed E-state index contributed by atoms with van der Waals surface area (Å²) in [6, 6.07) is 0. The quantitative estimate of drug-likeness (QED) is 0.344. The first kappa shape index (κ1) is 16.1. The summed E-state index contributed by atoms with van der Waals surface area (Å²) < 4.78 is 29.1. The maximum Gasteiger partial charge on any atom is 0.0964 e. The lowest BCUT2D eigenvalue weighted by Crippen LogP contribution is -1.93. The van der Waals surface area contributed by atoms with Crippen LogP contribution in [0.4, 0.5) is 8.78 Å². The highest BCUT2D eigenvalue weighted by molar-refractivity contribution is 4.93. The Balaban J connectivity index is 3.42. The molecule has 0 aliphatic heterocycles. The van der Waals surface area contributed by atoms with Crippen molar-refractivity contribution in [2.45, 2.75) is 51.4 Å². The molecule has 1 nitrogen and oxygen atoms in total. The van der Waals surface area contributed by atoms with Crippen molar-refractivity contribution in [1.82, 2.24) is 0 Å². The van der Waals surface area contributed by atoms with Crippen molar-refractivity contribution in [3.63, 3.8) is 0 Å². The summed E-state index contributed by atoms with van der Waals surface area (Å²) in [6.45, 7) is 7.09. The van der Waals surface area contributed by atoms with Gasteiger partial charge in [-0.3, -0.25) is 8.78 Å². The molecule has 0 fully saturated rings. The Bertz CT molecular complexity index is 192. The topological polar surface area (TPSA) is 9.23 Å². The van der Waals surface area contributed by atoms with E-state index in [1.165, 1.54) is 0 Å². The molecule has 0 saturated carbocycles. The van der Waals surface area contributed by atoms with Crippen LogP contribution in [0.25, 0.3) is 0 Å². The van der Waals surface area contributed by atoms with Gasteiger partial charge in [-0.25, -0.2) is 0 Å². The Morgan fingerprint density at radius 3 is 1.47 bits per heavy atom. The van der Waals surface area contributed by atoms with E-state index in [4.69, 9.17) is 4.74 Å². The molecule has 0 aliphatic rings. The van der Waals surface area contributed by atoms with Gasteiger partial charge in [0.2, 0.25) is 0 Å². The van der Waals surface area contributed by atoms with E-state index >= 15 is 0 Å². The molecule has 100 valence electrons. The number of hydrogen-bond acceptors (Lipinski definition) is 1. The van der Waals surface area contributed by atoms with Crippen molar-refractivity contribution in [2.75, 3.05) is 13.3 Å². The van der Waals surface area contributed by atoms with E-state index in [0.29, 0.717) is 24.4 Å². The van der Waals surface area contributed by atoms with Gasteiger partial charge < -0.3 is 4.74 Å². The third kappa shape index (κ3) is 11.4. The van der Waals surface area contributed by atoms with Gasteiger partial charge in [0, 0.05) is 12.8 Å². The fourth-order valence-electron chi connectivity index (χ4n) is 1.49. The summed E-state index contributed by atoms with van der Waals surface area (Å²) in [7, 11) is 0. The van der Waals surface area contributed by atoms with E-state index < -0.39 is 0 Å². The highest BCUT2D eigenvalue weighted by atomic mass is 19.1. The van der Waals surface area contributed by atoms with E-state index in [2.05, 4.69) is 13.2 Å². The molecule has 0 radical (unpaired) electrons. The number of alkyl halides is 2. The second kappa shape index (κ2) is 11.6. The van der Waals surface area contributed by atoms with E-state index in [1.807, 2.05) is 0 Å². The van der Waals surface area contributed by atoms with Gasteiger partial charge in [-0.15, -0.1) is 0 Å². The fraction of sp³-hybridized carbons (Fsp3) is 0.714. The molecule has 17 heavy (non-hydrogen) atoms. The van der Waals surface area contributed by atoms with Crippen LogP contribution >= 0.6 is 0 Å². The molecule has 0 N–H and O–H groups in total. The first-order valence-corrected chi connectivity index (χ1v) is 6.36. The van der Waals surface area contributed by atoms with E-state index in [1.54, 1.807) is 0 Å². The lowest BCUT2D eigenvalue weighted by atomic mass is 10.2. The minimum Gasteiger partial charge on any atom is -0.467 e. The standard InChI is InChI=1S/C14H24F2O/c1-13(9-5-3-7-11-15)17-14(2)10-6-4-8-12-16/h1-12H2. The van der Waals surface area contributed by atoms with Crippen molar-refractivity contribution in [1.29, 1.82) is 0 Å². The third-order valence-electron chi connectivity index (χ3n) is 2.47. The number of halogens is 2. The van der Waals surface area contributed by atoms with Gasteiger partial charge in [-0.05, 0) is 25.7 Å². The summed E-state index contributed by atoms with van der Waals surface area (Å²) in [5, 5.41) is 0. The van der Waals surface area contributed by atoms with Gasteiger partial charge in [-0.1, -0.05) is 26.0 Å².